The van der Waals surface area contributed by atoms with Crippen molar-refractivity contribution in [2.24, 2.45) is 0 Å². The van der Waals surface area contributed by atoms with Crippen LogP contribution < -0.4 is 4.13 Å². The molecule has 0 radical (unpaired) electrons. The molecule has 0 aliphatic carbocycles. The Bertz CT molecular complexity index is 164. The SMILES string of the molecule is CCCCSNS(C)(=O)=O. The molecule has 0 aromatic carbocycles. The predicted octanol–water partition coefficient (Wildman–Crippen LogP) is 0.984. The molecule has 1 N–H and O–H groups in total. The fraction of sp³-hybridized carbons (Fsp3) is 1.00. The zero-order chi connectivity index (χ0) is 8.04. The molecule has 0 saturated carbocycles. The normalized spacial score (nSPS) is 11.8. The minimum Gasteiger partial charge on any atom is -0.212 e. The summed E-state index contributed by atoms with van der Waals surface area (Å²) in [5.41, 5.74) is 0. The van der Waals surface area contributed by atoms with Crippen molar-refractivity contribution in [2.75, 3.05) is 12.0 Å². The Hall–Kier alpha value is 0.260. The van der Waals surface area contributed by atoms with Crippen molar-refractivity contribution < 1.29 is 8.42 Å². The van der Waals surface area contributed by atoms with Crippen LogP contribution in [0, 0.1) is 0 Å². The molecular formula is C5H13NO2S2. The maximum Gasteiger partial charge on any atom is 0.217 e. The van der Waals surface area contributed by atoms with Gasteiger partial charge in [-0.1, -0.05) is 25.3 Å². The van der Waals surface area contributed by atoms with E-state index in [2.05, 4.69) is 11.1 Å². The van der Waals surface area contributed by atoms with Crippen molar-refractivity contribution in [1.29, 1.82) is 0 Å². The number of nitrogens with one attached hydrogen (secondary N) is 1. The number of hydrogen-bond acceptors (Lipinski definition) is 3. The highest BCUT2D eigenvalue weighted by Crippen LogP contribution is 2.00. The van der Waals surface area contributed by atoms with E-state index in [9.17, 15) is 8.42 Å². The summed E-state index contributed by atoms with van der Waals surface area (Å²) >= 11 is 1.25. The molecule has 0 unspecified atom stereocenters. The maximum atomic E-state index is 10.5. The van der Waals surface area contributed by atoms with E-state index < -0.39 is 10.0 Å². The van der Waals surface area contributed by atoms with E-state index >= 15 is 0 Å². The van der Waals surface area contributed by atoms with E-state index in [-0.39, 0.29) is 0 Å². The van der Waals surface area contributed by atoms with Crippen LogP contribution in [0.15, 0.2) is 0 Å². The summed E-state index contributed by atoms with van der Waals surface area (Å²) in [5, 5.41) is 0. The molecule has 0 spiro atoms. The molecule has 0 aromatic heterocycles. The maximum absolute atomic E-state index is 10.5. The summed E-state index contributed by atoms with van der Waals surface area (Å²) in [5.74, 6) is 0.851. The standard InChI is InChI=1S/C5H13NO2S2/c1-3-4-5-9-6-10(2,7)8/h6H,3-5H2,1-2H3. The summed E-state index contributed by atoms with van der Waals surface area (Å²) in [6.45, 7) is 2.07. The molecule has 0 aromatic rings. The van der Waals surface area contributed by atoms with Gasteiger partial charge in [0.2, 0.25) is 10.0 Å². The van der Waals surface area contributed by atoms with Crippen molar-refractivity contribution in [3.05, 3.63) is 0 Å². The Morgan fingerprint density at radius 2 is 2.10 bits per heavy atom. The van der Waals surface area contributed by atoms with Crippen molar-refractivity contribution in [2.45, 2.75) is 19.8 Å². The topological polar surface area (TPSA) is 46.2 Å². The highest BCUT2D eigenvalue weighted by atomic mass is 32.3. The second kappa shape index (κ2) is 4.98. The van der Waals surface area contributed by atoms with E-state index in [4.69, 9.17) is 0 Å². The molecule has 0 heterocycles. The molecule has 0 rings (SSSR count). The van der Waals surface area contributed by atoms with Crippen LogP contribution in [0.1, 0.15) is 19.8 Å². The Morgan fingerprint density at radius 1 is 1.50 bits per heavy atom. The summed E-state index contributed by atoms with van der Waals surface area (Å²) in [6, 6.07) is 0. The number of sulfonamides is 1. The number of rotatable bonds is 5. The van der Waals surface area contributed by atoms with Gasteiger partial charge < -0.3 is 0 Å². The highest BCUT2D eigenvalue weighted by molar-refractivity contribution is 8.08. The van der Waals surface area contributed by atoms with Crippen LogP contribution in [-0.4, -0.2) is 20.4 Å². The minimum atomic E-state index is -2.99. The lowest BCUT2D eigenvalue weighted by molar-refractivity contribution is 0.600. The molecule has 0 saturated heterocycles. The van der Waals surface area contributed by atoms with Crippen molar-refractivity contribution in [1.82, 2.24) is 4.13 Å². The second-order valence-corrected chi connectivity index (χ2v) is 4.97. The van der Waals surface area contributed by atoms with Crippen LogP contribution >= 0.6 is 11.9 Å². The first-order valence-electron chi connectivity index (χ1n) is 3.15. The molecule has 3 nitrogen and oxygen atoms in total. The number of unbranched alkanes of at least 4 members (excludes halogenated alkanes) is 1. The third-order valence-corrected chi connectivity index (χ3v) is 2.99. The van der Waals surface area contributed by atoms with Crippen LogP contribution in [0.2, 0.25) is 0 Å². The molecule has 62 valence electrons. The Labute approximate surface area is 66.8 Å². The lowest BCUT2D eigenvalue weighted by atomic mass is 10.4. The summed E-state index contributed by atoms with van der Waals surface area (Å²) < 4.78 is 23.3. The first kappa shape index (κ1) is 10.3. The molecule has 0 aliphatic heterocycles. The van der Waals surface area contributed by atoms with Gasteiger partial charge in [0.25, 0.3) is 0 Å². The molecule has 0 aliphatic rings. The fourth-order valence-electron chi connectivity index (χ4n) is 0.365. The number of hydrogen-bond donors (Lipinski definition) is 1. The predicted molar refractivity (Wildman–Crippen MR) is 45.3 cm³/mol. The van der Waals surface area contributed by atoms with Gasteiger partial charge in [-0.25, -0.2) is 8.42 Å². The van der Waals surface area contributed by atoms with Crippen LogP contribution in [0.4, 0.5) is 0 Å². The average molecular weight is 183 g/mol. The van der Waals surface area contributed by atoms with Gasteiger partial charge in [0, 0.05) is 5.75 Å². The summed E-state index contributed by atoms with van der Waals surface area (Å²) in [4.78, 5) is 0. The van der Waals surface area contributed by atoms with Gasteiger partial charge in [-0.3, -0.25) is 0 Å². The highest BCUT2D eigenvalue weighted by Gasteiger charge is 1.97. The first-order valence-corrected chi connectivity index (χ1v) is 6.02. The van der Waals surface area contributed by atoms with Gasteiger partial charge in [-0.05, 0) is 6.42 Å². The lowest BCUT2D eigenvalue weighted by Crippen LogP contribution is -2.14. The van der Waals surface area contributed by atoms with Crippen LogP contribution in [0.5, 0.6) is 0 Å². The van der Waals surface area contributed by atoms with Gasteiger partial charge in [-0.2, -0.15) is 4.13 Å². The molecular weight excluding hydrogens is 170 g/mol. The first-order chi connectivity index (χ1) is 4.56. The van der Waals surface area contributed by atoms with Gasteiger partial charge in [0.05, 0.1) is 6.26 Å². The Kier molecular flexibility index (Phi) is 5.11. The van der Waals surface area contributed by atoms with Crippen LogP contribution in [0.3, 0.4) is 0 Å². The average Bonchev–Trinajstić information content (AvgIpc) is 1.78. The van der Waals surface area contributed by atoms with Crippen LogP contribution in [0.25, 0.3) is 0 Å². The molecule has 5 heteroatoms. The quantitative estimate of drug-likeness (QED) is 0.510. The second-order valence-electron chi connectivity index (χ2n) is 2.06. The third kappa shape index (κ3) is 8.26. The van der Waals surface area contributed by atoms with Crippen molar-refractivity contribution in [3.8, 4) is 0 Å². The zero-order valence-corrected chi connectivity index (χ0v) is 7.89. The molecule has 10 heavy (non-hydrogen) atoms. The molecule has 0 fully saturated rings. The Balaban J connectivity index is 3.21. The van der Waals surface area contributed by atoms with Gasteiger partial charge >= 0.3 is 0 Å². The van der Waals surface area contributed by atoms with E-state index in [1.807, 2.05) is 0 Å². The summed E-state index contributed by atoms with van der Waals surface area (Å²) in [6.07, 6.45) is 3.30. The van der Waals surface area contributed by atoms with E-state index in [1.54, 1.807) is 0 Å². The molecule has 0 bridgehead atoms. The smallest absolute Gasteiger partial charge is 0.212 e. The zero-order valence-electron chi connectivity index (χ0n) is 6.25. The molecule has 0 atom stereocenters. The van der Waals surface area contributed by atoms with Gasteiger partial charge in [-0.15, -0.1) is 0 Å². The largest absolute Gasteiger partial charge is 0.217 e. The van der Waals surface area contributed by atoms with Crippen molar-refractivity contribution in [3.63, 3.8) is 0 Å². The minimum absolute atomic E-state index is 0.851. The molecule has 0 amide bonds. The van der Waals surface area contributed by atoms with Gasteiger partial charge in [0.1, 0.15) is 0 Å². The van der Waals surface area contributed by atoms with E-state index in [0.29, 0.717) is 0 Å². The Morgan fingerprint density at radius 3 is 2.50 bits per heavy atom. The fourth-order valence-corrected chi connectivity index (χ4v) is 1.99. The third-order valence-electron chi connectivity index (χ3n) is 0.810. The van der Waals surface area contributed by atoms with E-state index in [0.717, 1.165) is 24.9 Å². The lowest BCUT2D eigenvalue weighted by Gasteiger charge is -1.98. The monoisotopic (exact) mass is 183 g/mol. The summed E-state index contributed by atoms with van der Waals surface area (Å²) in [7, 11) is -2.99. The van der Waals surface area contributed by atoms with Crippen molar-refractivity contribution >= 4 is 22.0 Å². The van der Waals surface area contributed by atoms with Gasteiger partial charge in [0.15, 0.2) is 0 Å². The van der Waals surface area contributed by atoms with Crippen LogP contribution in [-0.2, 0) is 10.0 Å². The van der Waals surface area contributed by atoms with E-state index in [1.165, 1.54) is 11.9 Å².